The summed E-state index contributed by atoms with van der Waals surface area (Å²) in [7, 11) is 0. The van der Waals surface area contributed by atoms with Gasteiger partial charge in [-0.1, -0.05) is 26.0 Å². The topological polar surface area (TPSA) is 59.9 Å². The van der Waals surface area contributed by atoms with Crippen molar-refractivity contribution in [1.82, 2.24) is 15.2 Å². The van der Waals surface area contributed by atoms with Crippen molar-refractivity contribution in [2.75, 3.05) is 11.9 Å². The molecular formula is C16H21FN4O. The number of hydrogen-bond acceptors (Lipinski definition) is 5. The lowest BCUT2D eigenvalue weighted by atomic mass is 10.2. The zero-order chi connectivity index (χ0) is 15.9. The van der Waals surface area contributed by atoms with Gasteiger partial charge < -0.3 is 10.1 Å². The number of benzene rings is 1. The molecule has 1 aromatic carbocycles. The first-order valence-electron chi connectivity index (χ1n) is 7.51. The van der Waals surface area contributed by atoms with Crippen molar-refractivity contribution in [3.8, 4) is 5.75 Å². The van der Waals surface area contributed by atoms with Gasteiger partial charge in [0.2, 0.25) is 5.95 Å². The largest absolute Gasteiger partial charge is 0.486 e. The highest BCUT2D eigenvalue weighted by Gasteiger charge is 2.10. The van der Waals surface area contributed by atoms with Crippen LogP contribution < -0.4 is 10.1 Å². The predicted molar refractivity (Wildman–Crippen MR) is 83.6 cm³/mol. The standard InChI is InChI=1S/C16H21FN4O/c1-4-13-14(5-2)20-21-16(19-13)18-10-11(3)22-15-9-7-6-8-12(15)17/h6-9,11H,4-5,10H2,1-3H3,(H,18,19,21). The van der Waals surface area contributed by atoms with Crippen LogP contribution in [-0.4, -0.2) is 27.8 Å². The van der Waals surface area contributed by atoms with Gasteiger partial charge in [-0.2, -0.15) is 5.10 Å². The Bertz CT molecular complexity index is 621. The molecule has 1 aromatic heterocycles. The third-order valence-corrected chi connectivity index (χ3v) is 3.22. The third kappa shape index (κ3) is 4.13. The van der Waals surface area contributed by atoms with Crippen LogP contribution in [0.2, 0.25) is 0 Å². The van der Waals surface area contributed by atoms with Gasteiger partial charge in [0.15, 0.2) is 11.6 Å². The summed E-state index contributed by atoms with van der Waals surface area (Å²) in [6.07, 6.45) is 1.40. The second-order valence-corrected chi connectivity index (χ2v) is 4.98. The lowest BCUT2D eigenvalue weighted by Gasteiger charge is -2.16. The first kappa shape index (κ1) is 16.1. The fourth-order valence-corrected chi connectivity index (χ4v) is 2.05. The van der Waals surface area contributed by atoms with E-state index < -0.39 is 0 Å². The number of rotatable bonds is 7. The van der Waals surface area contributed by atoms with Gasteiger partial charge in [0, 0.05) is 0 Å². The van der Waals surface area contributed by atoms with E-state index in [1.54, 1.807) is 18.2 Å². The molecular weight excluding hydrogens is 283 g/mol. The fourth-order valence-electron chi connectivity index (χ4n) is 2.05. The second-order valence-electron chi connectivity index (χ2n) is 4.98. The van der Waals surface area contributed by atoms with Gasteiger partial charge in [-0.3, -0.25) is 0 Å². The molecule has 0 amide bonds. The van der Waals surface area contributed by atoms with Gasteiger partial charge >= 0.3 is 0 Å². The molecule has 1 unspecified atom stereocenters. The smallest absolute Gasteiger partial charge is 0.243 e. The Hall–Kier alpha value is -2.24. The van der Waals surface area contributed by atoms with Crippen LogP contribution in [0.5, 0.6) is 5.75 Å². The fraction of sp³-hybridized carbons (Fsp3) is 0.438. The average Bonchev–Trinajstić information content (AvgIpc) is 2.54. The van der Waals surface area contributed by atoms with Crippen LogP contribution >= 0.6 is 0 Å². The highest BCUT2D eigenvalue weighted by Crippen LogP contribution is 2.17. The molecule has 0 aliphatic carbocycles. The van der Waals surface area contributed by atoms with E-state index in [-0.39, 0.29) is 17.7 Å². The van der Waals surface area contributed by atoms with Crippen LogP contribution in [0, 0.1) is 5.82 Å². The maximum atomic E-state index is 13.5. The zero-order valence-electron chi connectivity index (χ0n) is 13.1. The van der Waals surface area contributed by atoms with Crippen LogP contribution in [0.25, 0.3) is 0 Å². The van der Waals surface area contributed by atoms with Crippen LogP contribution in [0.15, 0.2) is 24.3 Å². The summed E-state index contributed by atoms with van der Waals surface area (Å²) >= 11 is 0. The summed E-state index contributed by atoms with van der Waals surface area (Å²) in [6.45, 7) is 6.39. The number of nitrogens with one attached hydrogen (secondary N) is 1. The summed E-state index contributed by atoms with van der Waals surface area (Å²) in [5, 5.41) is 11.3. The summed E-state index contributed by atoms with van der Waals surface area (Å²) in [5.74, 6) is 0.345. The lowest BCUT2D eigenvalue weighted by Crippen LogP contribution is -2.24. The van der Waals surface area contributed by atoms with Crippen LogP contribution in [0.3, 0.4) is 0 Å². The highest BCUT2D eigenvalue weighted by molar-refractivity contribution is 5.27. The maximum Gasteiger partial charge on any atom is 0.243 e. The molecule has 0 saturated carbocycles. The molecule has 6 heteroatoms. The number of nitrogens with zero attached hydrogens (tertiary/aromatic N) is 3. The molecule has 22 heavy (non-hydrogen) atoms. The molecule has 2 rings (SSSR count). The van der Waals surface area contributed by atoms with Crippen molar-refractivity contribution in [1.29, 1.82) is 0 Å². The Labute approximate surface area is 129 Å². The second kappa shape index (κ2) is 7.68. The molecule has 0 saturated heterocycles. The van der Waals surface area contributed by atoms with Crippen LogP contribution in [-0.2, 0) is 12.8 Å². The molecule has 0 bridgehead atoms. The van der Waals surface area contributed by atoms with Gasteiger partial charge in [-0.25, -0.2) is 9.37 Å². The number of ether oxygens (including phenoxy) is 1. The molecule has 1 atom stereocenters. The van der Waals surface area contributed by atoms with E-state index in [1.807, 2.05) is 20.8 Å². The molecule has 5 nitrogen and oxygen atoms in total. The quantitative estimate of drug-likeness (QED) is 0.852. The Morgan fingerprint density at radius 1 is 1.14 bits per heavy atom. The Kier molecular flexibility index (Phi) is 5.63. The van der Waals surface area contributed by atoms with Crippen molar-refractivity contribution >= 4 is 5.95 Å². The van der Waals surface area contributed by atoms with Crippen molar-refractivity contribution in [2.45, 2.75) is 39.7 Å². The van der Waals surface area contributed by atoms with Crippen LogP contribution in [0.1, 0.15) is 32.2 Å². The van der Waals surface area contributed by atoms with Gasteiger partial charge in [0.1, 0.15) is 6.10 Å². The summed E-state index contributed by atoms with van der Waals surface area (Å²) in [4.78, 5) is 4.44. The number of aromatic nitrogens is 3. The molecule has 0 aliphatic heterocycles. The summed E-state index contributed by atoms with van der Waals surface area (Å²) in [6, 6.07) is 6.35. The van der Waals surface area contributed by atoms with Gasteiger partial charge in [0.05, 0.1) is 17.9 Å². The van der Waals surface area contributed by atoms with Gasteiger partial charge in [-0.05, 0) is 31.9 Å². The normalized spacial score (nSPS) is 12.0. The van der Waals surface area contributed by atoms with E-state index in [4.69, 9.17) is 4.74 Å². The van der Waals surface area contributed by atoms with E-state index in [0.717, 1.165) is 24.2 Å². The van der Waals surface area contributed by atoms with E-state index >= 15 is 0 Å². The molecule has 0 aliphatic rings. The van der Waals surface area contributed by atoms with E-state index in [0.29, 0.717) is 12.5 Å². The average molecular weight is 304 g/mol. The molecule has 0 spiro atoms. The predicted octanol–water partition coefficient (Wildman–Crippen LogP) is 3.01. The molecule has 1 N–H and O–H groups in total. The number of anilines is 1. The van der Waals surface area contributed by atoms with Gasteiger partial charge in [0.25, 0.3) is 0 Å². The summed E-state index contributed by atoms with van der Waals surface area (Å²) in [5.41, 5.74) is 1.87. The minimum Gasteiger partial charge on any atom is -0.486 e. The molecule has 2 aromatic rings. The van der Waals surface area contributed by atoms with Crippen molar-refractivity contribution in [3.63, 3.8) is 0 Å². The maximum absolute atomic E-state index is 13.5. The molecule has 0 fully saturated rings. The van der Waals surface area contributed by atoms with E-state index in [9.17, 15) is 4.39 Å². The summed E-state index contributed by atoms with van der Waals surface area (Å²) < 4.78 is 19.1. The Morgan fingerprint density at radius 2 is 1.86 bits per heavy atom. The van der Waals surface area contributed by atoms with Crippen molar-refractivity contribution in [3.05, 3.63) is 41.5 Å². The number of halogens is 1. The Morgan fingerprint density at radius 3 is 2.55 bits per heavy atom. The zero-order valence-corrected chi connectivity index (χ0v) is 13.1. The highest BCUT2D eigenvalue weighted by atomic mass is 19.1. The van der Waals surface area contributed by atoms with Gasteiger partial charge in [-0.15, -0.1) is 5.10 Å². The first-order valence-corrected chi connectivity index (χ1v) is 7.51. The number of para-hydroxylation sites is 1. The minimum absolute atomic E-state index is 0.226. The first-order chi connectivity index (χ1) is 10.6. The molecule has 1 heterocycles. The van der Waals surface area contributed by atoms with E-state index in [2.05, 4.69) is 20.5 Å². The van der Waals surface area contributed by atoms with E-state index in [1.165, 1.54) is 6.07 Å². The van der Waals surface area contributed by atoms with Crippen molar-refractivity contribution < 1.29 is 9.13 Å². The third-order valence-electron chi connectivity index (χ3n) is 3.22. The molecule has 0 radical (unpaired) electrons. The molecule has 118 valence electrons. The number of aryl methyl sites for hydroxylation is 2. The minimum atomic E-state index is -0.368. The Balaban J connectivity index is 1.93. The lowest BCUT2D eigenvalue weighted by molar-refractivity contribution is 0.224. The van der Waals surface area contributed by atoms with Crippen molar-refractivity contribution in [2.24, 2.45) is 0 Å². The number of hydrogen-bond donors (Lipinski definition) is 1. The monoisotopic (exact) mass is 304 g/mol. The SMILES string of the molecule is CCc1nnc(NCC(C)Oc2ccccc2F)nc1CC. The van der Waals surface area contributed by atoms with Crippen LogP contribution in [0.4, 0.5) is 10.3 Å².